The van der Waals surface area contributed by atoms with Gasteiger partial charge in [0, 0.05) is 22.1 Å². The first-order chi connectivity index (χ1) is 8.22. The van der Waals surface area contributed by atoms with Gasteiger partial charge in [0.05, 0.1) is 5.52 Å². The SMILES string of the molecule is CCCNCc1cc(C)nc2c(Br)cccc12. The van der Waals surface area contributed by atoms with Crippen molar-refractivity contribution in [2.45, 2.75) is 26.8 Å². The van der Waals surface area contributed by atoms with Gasteiger partial charge in [-0.2, -0.15) is 0 Å². The maximum atomic E-state index is 4.59. The minimum absolute atomic E-state index is 0.907. The van der Waals surface area contributed by atoms with Crippen LogP contribution in [0, 0.1) is 6.92 Å². The molecule has 1 aromatic carbocycles. The molecule has 0 saturated carbocycles. The van der Waals surface area contributed by atoms with Crippen LogP contribution in [0.2, 0.25) is 0 Å². The van der Waals surface area contributed by atoms with Crippen molar-refractivity contribution >= 4 is 26.8 Å². The maximum Gasteiger partial charge on any atom is 0.0850 e. The third-order valence-electron chi connectivity index (χ3n) is 2.75. The Morgan fingerprint density at radius 2 is 2.18 bits per heavy atom. The lowest BCUT2D eigenvalue weighted by molar-refractivity contribution is 0.677. The topological polar surface area (TPSA) is 24.9 Å². The van der Waals surface area contributed by atoms with E-state index in [1.165, 1.54) is 10.9 Å². The van der Waals surface area contributed by atoms with Gasteiger partial charge in [-0.25, -0.2) is 0 Å². The second-order valence-electron chi connectivity index (χ2n) is 4.24. The molecule has 1 aromatic heterocycles. The van der Waals surface area contributed by atoms with Crippen LogP contribution in [0.4, 0.5) is 0 Å². The molecule has 1 heterocycles. The van der Waals surface area contributed by atoms with Crippen LogP contribution >= 0.6 is 15.9 Å². The van der Waals surface area contributed by atoms with E-state index in [2.05, 4.69) is 51.4 Å². The van der Waals surface area contributed by atoms with E-state index in [1.54, 1.807) is 0 Å². The molecule has 2 rings (SSSR count). The number of pyridine rings is 1. The molecule has 0 bridgehead atoms. The summed E-state index contributed by atoms with van der Waals surface area (Å²) in [6.45, 7) is 6.18. The number of benzene rings is 1. The normalized spacial score (nSPS) is 11.0. The predicted octanol–water partition coefficient (Wildman–Crippen LogP) is 3.81. The summed E-state index contributed by atoms with van der Waals surface area (Å²) in [5.74, 6) is 0. The molecule has 0 atom stereocenters. The highest BCUT2D eigenvalue weighted by atomic mass is 79.9. The predicted molar refractivity (Wildman–Crippen MR) is 76.2 cm³/mol. The molecule has 0 amide bonds. The highest BCUT2D eigenvalue weighted by molar-refractivity contribution is 9.10. The van der Waals surface area contributed by atoms with E-state index in [9.17, 15) is 0 Å². The second kappa shape index (κ2) is 5.61. The fourth-order valence-corrected chi connectivity index (χ4v) is 2.43. The van der Waals surface area contributed by atoms with Crippen molar-refractivity contribution in [1.82, 2.24) is 10.3 Å². The van der Waals surface area contributed by atoms with E-state index in [0.717, 1.165) is 35.2 Å². The molecular weight excluding hydrogens is 276 g/mol. The minimum atomic E-state index is 0.907. The number of halogens is 1. The van der Waals surface area contributed by atoms with Crippen LogP contribution in [-0.4, -0.2) is 11.5 Å². The van der Waals surface area contributed by atoms with E-state index < -0.39 is 0 Å². The summed E-state index contributed by atoms with van der Waals surface area (Å²) < 4.78 is 1.07. The fraction of sp³-hybridized carbons (Fsp3) is 0.357. The molecular formula is C14H17BrN2. The molecule has 2 nitrogen and oxygen atoms in total. The number of para-hydroxylation sites is 1. The lowest BCUT2D eigenvalue weighted by Crippen LogP contribution is -2.14. The number of hydrogen-bond acceptors (Lipinski definition) is 2. The van der Waals surface area contributed by atoms with Gasteiger partial charge in [0.2, 0.25) is 0 Å². The quantitative estimate of drug-likeness (QED) is 0.867. The molecule has 90 valence electrons. The van der Waals surface area contributed by atoms with Crippen molar-refractivity contribution in [2.75, 3.05) is 6.54 Å². The number of hydrogen-bond donors (Lipinski definition) is 1. The van der Waals surface area contributed by atoms with E-state index in [0.29, 0.717) is 0 Å². The van der Waals surface area contributed by atoms with E-state index in [-0.39, 0.29) is 0 Å². The fourth-order valence-electron chi connectivity index (χ4n) is 1.97. The zero-order chi connectivity index (χ0) is 12.3. The average molecular weight is 293 g/mol. The van der Waals surface area contributed by atoms with Crippen molar-refractivity contribution in [3.8, 4) is 0 Å². The third kappa shape index (κ3) is 2.85. The highest BCUT2D eigenvalue weighted by Crippen LogP contribution is 2.25. The zero-order valence-electron chi connectivity index (χ0n) is 10.3. The zero-order valence-corrected chi connectivity index (χ0v) is 11.8. The summed E-state index contributed by atoms with van der Waals surface area (Å²) in [5.41, 5.74) is 3.45. The van der Waals surface area contributed by atoms with Gasteiger partial charge in [-0.15, -0.1) is 0 Å². The van der Waals surface area contributed by atoms with Gasteiger partial charge in [0.1, 0.15) is 0 Å². The van der Waals surface area contributed by atoms with E-state index in [4.69, 9.17) is 0 Å². The Balaban J connectivity index is 2.43. The van der Waals surface area contributed by atoms with Gasteiger partial charge in [-0.1, -0.05) is 19.1 Å². The molecule has 1 N–H and O–H groups in total. The van der Waals surface area contributed by atoms with Gasteiger partial charge in [-0.3, -0.25) is 4.98 Å². The number of aromatic nitrogens is 1. The first kappa shape index (κ1) is 12.5. The molecule has 0 spiro atoms. The Kier molecular flexibility index (Phi) is 4.13. The molecule has 3 heteroatoms. The molecule has 0 aliphatic carbocycles. The van der Waals surface area contributed by atoms with Crippen LogP contribution in [-0.2, 0) is 6.54 Å². The van der Waals surface area contributed by atoms with Gasteiger partial charge >= 0.3 is 0 Å². The Bertz CT molecular complexity index is 523. The Labute approximate surface area is 111 Å². The van der Waals surface area contributed by atoms with Crippen LogP contribution in [0.15, 0.2) is 28.7 Å². The molecule has 2 aromatic rings. The van der Waals surface area contributed by atoms with Crippen molar-refractivity contribution < 1.29 is 0 Å². The minimum Gasteiger partial charge on any atom is -0.313 e. The van der Waals surface area contributed by atoms with Crippen LogP contribution in [0.5, 0.6) is 0 Å². The lowest BCUT2D eigenvalue weighted by Gasteiger charge is -2.09. The molecule has 0 radical (unpaired) electrons. The van der Waals surface area contributed by atoms with Gasteiger partial charge in [-0.05, 0) is 53.5 Å². The first-order valence-electron chi connectivity index (χ1n) is 5.98. The smallest absolute Gasteiger partial charge is 0.0850 e. The van der Waals surface area contributed by atoms with Crippen molar-refractivity contribution in [1.29, 1.82) is 0 Å². The summed E-state index contributed by atoms with van der Waals surface area (Å²) >= 11 is 3.56. The molecule has 17 heavy (non-hydrogen) atoms. The Morgan fingerprint density at radius 1 is 1.35 bits per heavy atom. The van der Waals surface area contributed by atoms with Crippen LogP contribution in [0.3, 0.4) is 0 Å². The molecule has 0 aliphatic rings. The second-order valence-corrected chi connectivity index (χ2v) is 5.09. The summed E-state index contributed by atoms with van der Waals surface area (Å²) in [5, 5.41) is 4.68. The van der Waals surface area contributed by atoms with E-state index in [1.807, 2.05) is 13.0 Å². The third-order valence-corrected chi connectivity index (χ3v) is 3.39. The largest absolute Gasteiger partial charge is 0.313 e. The summed E-state index contributed by atoms with van der Waals surface area (Å²) in [6, 6.07) is 8.40. The van der Waals surface area contributed by atoms with E-state index >= 15 is 0 Å². The number of aryl methyl sites for hydroxylation is 1. The van der Waals surface area contributed by atoms with Crippen molar-refractivity contribution in [3.05, 3.63) is 40.0 Å². The number of rotatable bonds is 4. The number of nitrogens with zero attached hydrogens (tertiary/aromatic N) is 1. The lowest BCUT2D eigenvalue weighted by atomic mass is 10.1. The van der Waals surface area contributed by atoms with Gasteiger partial charge in [0.25, 0.3) is 0 Å². The summed E-state index contributed by atoms with van der Waals surface area (Å²) in [7, 11) is 0. The maximum absolute atomic E-state index is 4.59. The molecule has 0 aliphatic heterocycles. The highest BCUT2D eigenvalue weighted by Gasteiger charge is 2.06. The average Bonchev–Trinajstić information content (AvgIpc) is 2.31. The summed E-state index contributed by atoms with van der Waals surface area (Å²) in [4.78, 5) is 4.59. The van der Waals surface area contributed by atoms with Crippen molar-refractivity contribution in [2.24, 2.45) is 0 Å². The first-order valence-corrected chi connectivity index (χ1v) is 6.77. The molecule has 0 unspecified atom stereocenters. The van der Waals surface area contributed by atoms with Crippen molar-refractivity contribution in [3.63, 3.8) is 0 Å². The summed E-state index contributed by atoms with van der Waals surface area (Å²) in [6.07, 6.45) is 1.16. The van der Waals surface area contributed by atoms with Crippen LogP contribution < -0.4 is 5.32 Å². The number of nitrogens with one attached hydrogen (secondary N) is 1. The standard InChI is InChI=1S/C14H17BrN2/c1-3-7-16-9-11-8-10(2)17-14-12(11)5-4-6-13(14)15/h4-6,8,16H,3,7,9H2,1-2H3. The Morgan fingerprint density at radius 3 is 2.94 bits per heavy atom. The van der Waals surface area contributed by atoms with Gasteiger partial charge in [0.15, 0.2) is 0 Å². The molecule has 0 saturated heterocycles. The van der Waals surface area contributed by atoms with Crippen LogP contribution in [0.1, 0.15) is 24.6 Å². The molecule has 0 fully saturated rings. The van der Waals surface area contributed by atoms with Crippen LogP contribution in [0.25, 0.3) is 10.9 Å². The van der Waals surface area contributed by atoms with Gasteiger partial charge < -0.3 is 5.32 Å². The Hall–Kier alpha value is -0.930. The number of fused-ring (bicyclic) bond motifs is 1. The monoisotopic (exact) mass is 292 g/mol.